The van der Waals surface area contributed by atoms with Crippen LogP contribution in [0.4, 0.5) is 13.2 Å². The van der Waals surface area contributed by atoms with Crippen LogP contribution in [-0.4, -0.2) is 23.4 Å². The van der Waals surface area contributed by atoms with Crippen molar-refractivity contribution in [3.05, 3.63) is 78.2 Å². The number of benzene rings is 1. The molecule has 1 aromatic rings. The van der Waals surface area contributed by atoms with Crippen LogP contribution in [0.5, 0.6) is 0 Å². The zero-order valence-electron chi connectivity index (χ0n) is 22.4. The summed E-state index contributed by atoms with van der Waals surface area (Å²) < 4.78 is 43.4. The van der Waals surface area contributed by atoms with Crippen molar-refractivity contribution < 1.29 is 23.0 Å². The van der Waals surface area contributed by atoms with Crippen LogP contribution in [0.3, 0.4) is 0 Å². The van der Waals surface area contributed by atoms with Crippen molar-refractivity contribution in [3.8, 4) is 0 Å². The number of nitrogens with one attached hydrogen (secondary N) is 1. The van der Waals surface area contributed by atoms with Gasteiger partial charge in [-0.25, -0.2) is 0 Å². The highest BCUT2D eigenvalue weighted by Crippen LogP contribution is 2.54. The third-order valence-electron chi connectivity index (χ3n) is 7.92. The Balaban J connectivity index is 0.000000187. The van der Waals surface area contributed by atoms with Crippen molar-refractivity contribution >= 4 is 5.57 Å². The highest BCUT2D eigenvalue weighted by Gasteiger charge is 2.56. The predicted molar refractivity (Wildman–Crippen MR) is 144 cm³/mol. The van der Waals surface area contributed by atoms with Crippen molar-refractivity contribution in [1.29, 1.82) is 0 Å². The van der Waals surface area contributed by atoms with E-state index in [2.05, 4.69) is 39.2 Å². The maximum Gasteiger partial charge on any atom is 0.416 e. The number of alkyl halides is 3. The minimum absolute atomic E-state index is 0.153. The van der Waals surface area contributed by atoms with E-state index in [4.69, 9.17) is 4.74 Å². The molecular formula is C31H42F3NO2. The van der Waals surface area contributed by atoms with E-state index >= 15 is 0 Å². The van der Waals surface area contributed by atoms with Gasteiger partial charge in [-0.05, 0) is 67.0 Å². The van der Waals surface area contributed by atoms with Gasteiger partial charge in [-0.1, -0.05) is 77.3 Å². The summed E-state index contributed by atoms with van der Waals surface area (Å²) in [6, 6.07) is 5.34. The lowest BCUT2D eigenvalue weighted by Gasteiger charge is -2.45. The number of ether oxygens (including phenoxy) is 1. The topological polar surface area (TPSA) is 41.5 Å². The fourth-order valence-electron chi connectivity index (χ4n) is 5.98. The molecule has 5 rings (SSSR count). The summed E-state index contributed by atoms with van der Waals surface area (Å²) in [5.74, 6) is 2.46. The van der Waals surface area contributed by atoms with Gasteiger partial charge in [0.25, 0.3) is 0 Å². The van der Waals surface area contributed by atoms with E-state index < -0.39 is 17.3 Å². The smallest absolute Gasteiger partial charge is 0.416 e. The summed E-state index contributed by atoms with van der Waals surface area (Å²) in [5, 5.41) is 13.8. The van der Waals surface area contributed by atoms with Crippen LogP contribution in [0, 0.1) is 17.8 Å². The van der Waals surface area contributed by atoms with Crippen LogP contribution >= 0.6 is 0 Å². The molecule has 2 aliphatic carbocycles. The maximum absolute atomic E-state index is 12.6. The third kappa shape index (κ3) is 6.90. The molecule has 1 aromatic carbocycles. The standard InChI is InChI=1S/C14H12F3N.C14H22O2.C3H8/c1-2-13-7-6-11(9-18-13)10-4-3-5-12(8-10)14(15,16)17;1-9-13-7-11-5-3-4-6-12(11)8-14(13,15)10(2)16-9;1-3-2/h2-8,18H,1,9H2;9,11-13,15H,2-8H2,1H3;3H2,1-2H3. The highest BCUT2D eigenvalue weighted by molar-refractivity contribution is 5.70. The van der Waals surface area contributed by atoms with Gasteiger partial charge in [0.2, 0.25) is 0 Å². The van der Waals surface area contributed by atoms with Gasteiger partial charge in [-0.3, -0.25) is 0 Å². The summed E-state index contributed by atoms with van der Waals surface area (Å²) in [4.78, 5) is 0. The fourth-order valence-corrected chi connectivity index (χ4v) is 5.98. The van der Waals surface area contributed by atoms with Gasteiger partial charge in [0, 0.05) is 18.2 Å². The molecule has 0 spiro atoms. The van der Waals surface area contributed by atoms with Crippen LogP contribution < -0.4 is 5.32 Å². The van der Waals surface area contributed by atoms with Crippen molar-refractivity contribution in [2.24, 2.45) is 17.8 Å². The molecule has 0 aromatic heterocycles. The quantitative estimate of drug-likeness (QED) is 0.417. The van der Waals surface area contributed by atoms with E-state index in [0.717, 1.165) is 36.1 Å². The monoisotopic (exact) mass is 517 g/mol. The Morgan fingerprint density at radius 3 is 2.43 bits per heavy atom. The Hall–Kier alpha value is -2.47. The van der Waals surface area contributed by atoms with E-state index in [1.807, 2.05) is 6.08 Å². The molecule has 0 radical (unpaired) electrons. The van der Waals surface area contributed by atoms with Gasteiger partial charge in [0.1, 0.15) is 17.5 Å². The summed E-state index contributed by atoms with van der Waals surface area (Å²) in [5.41, 5.74) is 0.936. The van der Waals surface area contributed by atoms with Gasteiger partial charge < -0.3 is 15.2 Å². The lowest BCUT2D eigenvalue weighted by molar-refractivity contribution is -0.137. The molecule has 2 N–H and O–H groups in total. The van der Waals surface area contributed by atoms with Crippen LogP contribution in [0.25, 0.3) is 5.57 Å². The summed E-state index contributed by atoms with van der Waals surface area (Å²) in [6.45, 7) is 14.4. The molecule has 3 fully saturated rings. The van der Waals surface area contributed by atoms with Gasteiger partial charge in [0.05, 0.1) is 5.56 Å². The summed E-state index contributed by atoms with van der Waals surface area (Å²) in [6.07, 6.45) is 9.77. The number of aliphatic hydroxyl groups is 1. The number of fused-ring (bicyclic) bond motifs is 2. The maximum atomic E-state index is 12.6. The minimum atomic E-state index is -4.30. The fraction of sp³-hybridized carbons (Fsp3) is 0.548. The van der Waals surface area contributed by atoms with Gasteiger partial charge >= 0.3 is 6.18 Å². The predicted octanol–water partition coefficient (Wildman–Crippen LogP) is 8.04. The second kappa shape index (κ2) is 12.4. The SMILES string of the molecule is C=C1OC(C)C2CC3CCCCC3CC12O.C=CC1=CC=C(c2cccc(C(F)(F)F)c2)CN1.CCC. The molecule has 1 saturated heterocycles. The Labute approximate surface area is 220 Å². The van der Waals surface area contributed by atoms with Crippen LogP contribution in [0.15, 0.2) is 67.1 Å². The third-order valence-corrected chi connectivity index (χ3v) is 7.92. The molecule has 0 amide bonds. The highest BCUT2D eigenvalue weighted by atomic mass is 19.4. The Bertz CT molecular complexity index is 1010. The zero-order chi connectivity index (χ0) is 27.2. The number of rotatable bonds is 2. The lowest BCUT2D eigenvalue weighted by Crippen LogP contribution is -2.47. The number of hydrogen-bond donors (Lipinski definition) is 2. The van der Waals surface area contributed by atoms with E-state index in [-0.39, 0.29) is 6.10 Å². The first-order chi connectivity index (χ1) is 17.5. The van der Waals surface area contributed by atoms with Gasteiger partial charge in [-0.15, -0.1) is 0 Å². The van der Waals surface area contributed by atoms with Crippen LogP contribution in [0.1, 0.15) is 76.8 Å². The van der Waals surface area contributed by atoms with Crippen LogP contribution in [-0.2, 0) is 10.9 Å². The largest absolute Gasteiger partial charge is 0.492 e. The molecule has 204 valence electrons. The molecule has 3 nitrogen and oxygen atoms in total. The molecule has 6 heteroatoms. The van der Waals surface area contributed by atoms with Crippen molar-refractivity contribution in [2.75, 3.05) is 6.54 Å². The number of dihydropyridines is 1. The van der Waals surface area contributed by atoms with E-state index in [9.17, 15) is 18.3 Å². The van der Waals surface area contributed by atoms with Crippen LogP contribution in [0.2, 0.25) is 0 Å². The number of hydrogen-bond acceptors (Lipinski definition) is 3. The first-order valence-corrected chi connectivity index (χ1v) is 13.6. The number of halogens is 3. The normalized spacial score (nSPS) is 30.4. The molecule has 2 heterocycles. The molecular weight excluding hydrogens is 475 g/mol. The molecule has 37 heavy (non-hydrogen) atoms. The first-order valence-electron chi connectivity index (χ1n) is 13.6. The average molecular weight is 518 g/mol. The first kappa shape index (κ1) is 29.1. The lowest BCUT2D eigenvalue weighted by atomic mass is 9.61. The van der Waals surface area contributed by atoms with E-state index in [1.54, 1.807) is 18.2 Å². The Morgan fingerprint density at radius 1 is 1.16 bits per heavy atom. The van der Waals surface area contributed by atoms with Gasteiger partial charge in [-0.2, -0.15) is 13.2 Å². The minimum Gasteiger partial charge on any atom is -0.492 e. The van der Waals surface area contributed by atoms with Crippen molar-refractivity contribution in [3.63, 3.8) is 0 Å². The van der Waals surface area contributed by atoms with Crippen molar-refractivity contribution in [1.82, 2.24) is 5.32 Å². The molecule has 0 bridgehead atoms. The molecule has 2 aliphatic heterocycles. The van der Waals surface area contributed by atoms with E-state index in [1.165, 1.54) is 44.2 Å². The molecule has 4 aliphatic rings. The molecule has 5 atom stereocenters. The summed E-state index contributed by atoms with van der Waals surface area (Å²) >= 11 is 0. The molecule has 2 saturated carbocycles. The molecule has 5 unspecified atom stereocenters. The van der Waals surface area contributed by atoms with Gasteiger partial charge in [0.15, 0.2) is 0 Å². The van der Waals surface area contributed by atoms with Crippen molar-refractivity contribution in [2.45, 2.75) is 83.6 Å². The number of allylic oxidation sites excluding steroid dienone is 3. The zero-order valence-corrected chi connectivity index (χ0v) is 22.4. The average Bonchev–Trinajstić information content (AvgIpc) is 3.10. The Kier molecular flexibility index (Phi) is 9.74. The second-order valence-corrected chi connectivity index (χ2v) is 10.7. The second-order valence-electron chi connectivity index (χ2n) is 10.7. The summed E-state index contributed by atoms with van der Waals surface area (Å²) in [7, 11) is 0. The Morgan fingerprint density at radius 2 is 1.84 bits per heavy atom. The van der Waals surface area contributed by atoms with E-state index in [0.29, 0.717) is 29.7 Å².